The molecule has 6 atom stereocenters. The second kappa shape index (κ2) is 10.3. The molecule has 1 aliphatic rings. The van der Waals surface area contributed by atoms with Crippen LogP contribution in [0.3, 0.4) is 0 Å². The fourth-order valence-electron chi connectivity index (χ4n) is 2.88. The van der Waals surface area contributed by atoms with Gasteiger partial charge in [0.1, 0.15) is 30.2 Å². The summed E-state index contributed by atoms with van der Waals surface area (Å²) in [4.78, 5) is 38.7. The van der Waals surface area contributed by atoms with Crippen molar-refractivity contribution in [2.75, 3.05) is 18.9 Å². The minimum atomic E-state index is -5.62. The number of anilines is 1. The Bertz CT molecular complexity index is 1160. The van der Waals surface area contributed by atoms with Gasteiger partial charge >= 0.3 is 23.5 Å². The van der Waals surface area contributed by atoms with E-state index in [9.17, 15) is 28.8 Å². The molecule has 0 aliphatic carbocycles. The van der Waals surface area contributed by atoms with Crippen molar-refractivity contribution in [2.45, 2.75) is 37.9 Å². The van der Waals surface area contributed by atoms with Crippen LogP contribution in [0.5, 0.6) is 0 Å². The van der Waals surface area contributed by atoms with Crippen LogP contribution >= 0.6 is 23.5 Å². The predicted molar refractivity (Wildman–Crippen MR) is 109 cm³/mol. The molecule has 2 aromatic rings. The van der Waals surface area contributed by atoms with Crippen molar-refractivity contribution in [2.24, 2.45) is 0 Å². The van der Waals surface area contributed by atoms with Crippen LogP contribution in [-0.4, -0.2) is 75.9 Å². The van der Waals surface area contributed by atoms with Gasteiger partial charge in [-0.05, 0) is 6.42 Å². The quantitative estimate of drug-likeness (QED) is 0.198. The third kappa shape index (κ3) is 6.44. The fourth-order valence-corrected chi connectivity index (χ4v) is 6.54. The number of hydrogen-bond donors (Lipinski definition) is 6. The Kier molecular flexibility index (Phi) is 8.27. The summed E-state index contributed by atoms with van der Waals surface area (Å²) in [6, 6.07) is 0. The largest absolute Gasteiger partial charge is 0.490 e. The molecular weight excluding hydrogens is 527 g/mol. The number of aromatic nitrogens is 4. The highest BCUT2D eigenvalue weighted by Gasteiger charge is 2.47. The Morgan fingerprint density at radius 1 is 1.09 bits per heavy atom. The van der Waals surface area contributed by atoms with E-state index in [2.05, 4.69) is 23.6 Å². The lowest BCUT2D eigenvalue weighted by molar-refractivity contribution is -0.0513. The maximum absolute atomic E-state index is 12.8. The number of aliphatic hydroxyl groups excluding tert-OH is 2. The van der Waals surface area contributed by atoms with Gasteiger partial charge in [-0.15, -0.1) is 0 Å². The predicted octanol–water partition coefficient (Wildman–Crippen LogP) is -0.195. The zero-order valence-electron chi connectivity index (χ0n) is 17.3. The minimum Gasteiger partial charge on any atom is -0.387 e. The average molecular weight is 549 g/mol. The maximum atomic E-state index is 12.8. The molecular formula is C13H22N5O13P3. The van der Waals surface area contributed by atoms with Gasteiger partial charge in [-0.25, -0.2) is 28.6 Å². The highest BCUT2D eigenvalue weighted by molar-refractivity contribution is 7.66. The second-order valence-corrected chi connectivity index (χ2v) is 11.5. The van der Waals surface area contributed by atoms with Gasteiger partial charge in [0.2, 0.25) is 0 Å². The minimum absolute atomic E-state index is 0.0637. The number of aliphatic hydroxyl groups is 2. The summed E-state index contributed by atoms with van der Waals surface area (Å²) in [5.74, 6) is 0.0637. The van der Waals surface area contributed by atoms with E-state index in [1.54, 1.807) is 6.92 Å². The average Bonchev–Trinajstić information content (AvgIpc) is 3.25. The van der Waals surface area contributed by atoms with E-state index in [1.807, 2.05) is 0 Å². The Labute approximate surface area is 191 Å². The summed E-state index contributed by atoms with van der Waals surface area (Å²) in [5, 5.41) is 20.8. The monoisotopic (exact) mass is 549 g/mol. The Morgan fingerprint density at radius 2 is 1.79 bits per heavy atom. The fraction of sp³-hybridized carbons (Fsp3) is 0.615. The SMILES string of the molecule is CCCOP(=O)(OC[C@H]1O[C@@H](n2cnc3c(N)ncnc32)[C@H](O)[C@@H]1O)OP(=O)(O)OP(=O)(O)O. The lowest BCUT2D eigenvalue weighted by atomic mass is 10.1. The molecule has 1 aliphatic heterocycles. The molecule has 0 aromatic carbocycles. The standard InChI is InChI=1S/C13H22N5O13P3/c1-2-3-27-34(26,31-33(24,25)30-32(21,22)23)28-4-7-9(19)10(20)13(29-7)18-6-17-8-11(14)15-5-16-12(8)18/h5-7,9-10,13,19-20H,2-4H2,1H3,(H,24,25)(H2,14,15,16)(H2,21,22,23)/t7-,9-,10-,13-,34?/m1/s1. The molecule has 0 spiro atoms. The molecule has 1 fully saturated rings. The smallest absolute Gasteiger partial charge is 0.387 e. The normalized spacial score (nSPS) is 27.0. The van der Waals surface area contributed by atoms with Gasteiger partial charge in [0.05, 0.1) is 19.5 Å². The Hall–Kier alpha value is -1.36. The third-order valence-electron chi connectivity index (χ3n) is 4.26. The van der Waals surface area contributed by atoms with E-state index in [-0.39, 0.29) is 30.0 Å². The maximum Gasteiger partial charge on any atom is 0.490 e. The molecule has 21 heteroatoms. The number of imidazole rings is 1. The number of nitrogen functional groups attached to an aromatic ring is 1. The molecule has 0 amide bonds. The molecule has 192 valence electrons. The number of phosphoric ester groups is 1. The van der Waals surface area contributed by atoms with E-state index >= 15 is 0 Å². The van der Waals surface area contributed by atoms with Gasteiger partial charge in [-0.2, -0.15) is 8.62 Å². The van der Waals surface area contributed by atoms with Crippen molar-refractivity contribution in [1.82, 2.24) is 19.5 Å². The van der Waals surface area contributed by atoms with Gasteiger partial charge in [-0.1, -0.05) is 6.92 Å². The van der Waals surface area contributed by atoms with Crippen LogP contribution < -0.4 is 5.73 Å². The third-order valence-corrected chi connectivity index (χ3v) is 8.53. The van der Waals surface area contributed by atoms with Crippen molar-refractivity contribution in [3.63, 3.8) is 0 Å². The molecule has 0 bridgehead atoms. The summed E-state index contributed by atoms with van der Waals surface area (Å²) in [6.07, 6.45) is -3.16. The number of nitrogens with two attached hydrogens (primary N) is 1. The first-order valence-electron chi connectivity index (χ1n) is 9.40. The second-order valence-electron chi connectivity index (χ2n) is 6.83. The topological polar surface area (TPSA) is 268 Å². The number of fused-ring (bicyclic) bond motifs is 1. The zero-order chi connectivity index (χ0) is 25.3. The van der Waals surface area contributed by atoms with Gasteiger partial charge < -0.3 is 35.4 Å². The molecule has 3 rings (SSSR count). The first kappa shape index (κ1) is 27.2. The van der Waals surface area contributed by atoms with Crippen LogP contribution in [0, 0.1) is 0 Å². The summed E-state index contributed by atoms with van der Waals surface area (Å²) in [6.45, 7) is 0.468. The molecule has 0 radical (unpaired) electrons. The first-order chi connectivity index (χ1) is 15.8. The summed E-state index contributed by atoms with van der Waals surface area (Å²) < 4.78 is 59.9. The number of hydrogen-bond acceptors (Lipinski definition) is 14. The van der Waals surface area contributed by atoms with E-state index in [0.29, 0.717) is 0 Å². The molecule has 1 saturated heterocycles. The van der Waals surface area contributed by atoms with Crippen LogP contribution in [0.25, 0.3) is 11.2 Å². The van der Waals surface area contributed by atoms with Gasteiger partial charge in [0.15, 0.2) is 17.7 Å². The van der Waals surface area contributed by atoms with Crippen LogP contribution in [0.1, 0.15) is 19.6 Å². The van der Waals surface area contributed by atoms with Crippen molar-refractivity contribution in [3.05, 3.63) is 12.7 Å². The van der Waals surface area contributed by atoms with Crippen LogP contribution in [-0.2, 0) is 36.1 Å². The Balaban J connectivity index is 1.75. The van der Waals surface area contributed by atoms with Crippen LogP contribution in [0.2, 0.25) is 0 Å². The molecule has 2 unspecified atom stereocenters. The highest BCUT2D eigenvalue weighted by Crippen LogP contribution is 2.68. The van der Waals surface area contributed by atoms with Crippen molar-refractivity contribution in [3.8, 4) is 0 Å². The van der Waals surface area contributed by atoms with Gasteiger partial charge in [0.25, 0.3) is 0 Å². The lowest BCUT2D eigenvalue weighted by Crippen LogP contribution is -2.33. The van der Waals surface area contributed by atoms with E-state index < -0.39 is 54.6 Å². The van der Waals surface area contributed by atoms with Gasteiger partial charge in [-0.3, -0.25) is 13.6 Å². The number of ether oxygens (including phenoxy) is 1. The molecule has 0 saturated carbocycles. The summed E-state index contributed by atoms with van der Waals surface area (Å²) in [7, 11) is -16.1. The number of nitrogens with zero attached hydrogens (tertiary/aromatic N) is 4. The van der Waals surface area contributed by atoms with E-state index in [4.69, 9.17) is 29.3 Å². The zero-order valence-corrected chi connectivity index (χ0v) is 20.0. The van der Waals surface area contributed by atoms with Crippen LogP contribution in [0.4, 0.5) is 5.82 Å². The first-order valence-corrected chi connectivity index (χ1v) is 13.9. The van der Waals surface area contributed by atoms with Crippen LogP contribution in [0.15, 0.2) is 12.7 Å². The van der Waals surface area contributed by atoms with E-state index in [0.717, 1.165) is 6.33 Å². The number of phosphoric acid groups is 3. The molecule has 7 N–H and O–H groups in total. The molecule has 18 nitrogen and oxygen atoms in total. The van der Waals surface area contributed by atoms with Gasteiger partial charge in [0, 0.05) is 0 Å². The number of rotatable bonds is 11. The highest BCUT2D eigenvalue weighted by atomic mass is 31.3. The summed E-state index contributed by atoms with van der Waals surface area (Å²) >= 11 is 0. The van der Waals surface area contributed by atoms with Crippen molar-refractivity contribution in [1.29, 1.82) is 0 Å². The lowest BCUT2D eigenvalue weighted by Gasteiger charge is -2.22. The van der Waals surface area contributed by atoms with E-state index in [1.165, 1.54) is 10.9 Å². The molecule has 34 heavy (non-hydrogen) atoms. The molecule has 2 aromatic heterocycles. The Morgan fingerprint density at radius 3 is 2.44 bits per heavy atom. The molecule has 3 heterocycles. The van der Waals surface area contributed by atoms with Crippen molar-refractivity contribution < 1.29 is 61.0 Å². The van der Waals surface area contributed by atoms with Crippen molar-refractivity contribution >= 4 is 40.4 Å². The summed E-state index contributed by atoms with van der Waals surface area (Å²) in [5.41, 5.74) is 6.11.